The molecule has 6 aromatic rings. The highest BCUT2D eigenvalue weighted by Gasteiger charge is 2.51. The van der Waals surface area contributed by atoms with Gasteiger partial charge >= 0.3 is 0 Å². The smallest absolute Gasteiger partial charge is 0.191 e. The summed E-state index contributed by atoms with van der Waals surface area (Å²) in [5, 5.41) is 5.30. The van der Waals surface area contributed by atoms with Crippen molar-refractivity contribution in [2.45, 2.75) is 6.92 Å². The Hall–Kier alpha value is -4.60. The maximum absolute atomic E-state index is 6.88. The molecule has 1 aliphatic rings. The molecule has 0 atom stereocenters. The molecule has 7 rings (SSSR count). The quantitative estimate of drug-likeness (QED) is 0.270. The van der Waals surface area contributed by atoms with Crippen molar-refractivity contribution in [2.24, 2.45) is 0 Å². The Bertz CT molecular complexity index is 1690. The monoisotopic (exact) mass is 505 g/mol. The molecule has 5 aromatic carbocycles. The Balaban J connectivity index is 1.72. The third-order valence-corrected chi connectivity index (χ3v) is 12.5. The summed E-state index contributed by atoms with van der Waals surface area (Å²) in [5.74, 6) is 1.93. The minimum atomic E-state index is -2.79. The summed E-state index contributed by atoms with van der Waals surface area (Å²) < 4.78 is 9.29. The summed E-state index contributed by atoms with van der Waals surface area (Å²) in [7, 11) is -2.79. The number of hydrogen-bond donors (Lipinski definition) is 0. The van der Waals surface area contributed by atoms with Crippen molar-refractivity contribution in [1.82, 2.24) is 4.57 Å². The van der Waals surface area contributed by atoms with Crippen LogP contribution in [0, 0.1) is 6.92 Å². The fourth-order valence-corrected chi connectivity index (χ4v) is 11.4. The molecule has 1 aromatic heterocycles. The minimum absolute atomic E-state index is 0.951. The van der Waals surface area contributed by atoms with E-state index in [2.05, 4.69) is 157 Å². The van der Waals surface area contributed by atoms with E-state index >= 15 is 0 Å². The molecule has 2 nitrogen and oxygen atoms in total. The van der Waals surface area contributed by atoms with E-state index in [1.165, 1.54) is 32.0 Å². The Morgan fingerprint density at radius 1 is 0.553 bits per heavy atom. The fourth-order valence-electron chi connectivity index (χ4n) is 6.16. The molecule has 0 amide bonds. The van der Waals surface area contributed by atoms with Crippen molar-refractivity contribution >= 4 is 28.8 Å². The van der Waals surface area contributed by atoms with E-state index < -0.39 is 8.07 Å². The van der Waals surface area contributed by atoms with Gasteiger partial charge in [-0.1, -0.05) is 127 Å². The lowest BCUT2D eigenvalue weighted by molar-refractivity contribution is 0.482. The third kappa shape index (κ3) is 3.26. The predicted octanol–water partition coefficient (Wildman–Crippen LogP) is 5.94. The van der Waals surface area contributed by atoms with Crippen LogP contribution in [-0.2, 0) is 0 Å². The average molecular weight is 506 g/mol. The van der Waals surface area contributed by atoms with Gasteiger partial charge < -0.3 is 9.30 Å². The Morgan fingerprint density at radius 2 is 1.05 bits per heavy atom. The maximum atomic E-state index is 6.88. The molecular weight excluding hydrogens is 478 g/mol. The van der Waals surface area contributed by atoms with Gasteiger partial charge in [0.2, 0.25) is 0 Å². The standard InChI is InChI=1S/C35H27NOSi/c1-26-34-35(33(27-16-6-2-7-17-27)36(26)28-18-8-3-9-19-28)38(29-20-10-4-11-21-29,30-22-12-5-13-23-30)32-25-15-14-24-31(32)37-34/h2-25H,1H3. The summed E-state index contributed by atoms with van der Waals surface area (Å²) in [5.41, 5.74) is 4.64. The first kappa shape index (κ1) is 22.6. The van der Waals surface area contributed by atoms with Crippen LogP contribution in [-0.4, -0.2) is 12.6 Å². The average Bonchev–Trinajstić information content (AvgIpc) is 3.29. The second kappa shape index (κ2) is 9.05. The molecule has 1 aliphatic heterocycles. The highest BCUT2D eigenvalue weighted by molar-refractivity contribution is 7.21. The van der Waals surface area contributed by atoms with Gasteiger partial charge in [0.05, 0.1) is 11.4 Å². The second-order valence-corrected chi connectivity index (χ2v) is 13.4. The molecule has 38 heavy (non-hydrogen) atoms. The zero-order chi connectivity index (χ0) is 25.5. The minimum Gasteiger partial charge on any atom is -0.456 e. The number of aromatic nitrogens is 1. The summed E-state index contributed by atoms with van der Waals surface area (Å²) in [6.45, 7) is 2.20. The highest BCUT2D eigenvalue weighted by Crippen LogP contribution is 2.39. The molecule has 2 heterocycles. The molecule has 3 heteroatoms. The number of nitrogens with zero attached hydrogens (tertiary/aromatic N) is 1. The van der Waals surface area contributed by atoms with Gasteiger partial charge in [-0.15, -0.1) is 0 Å². The highest BCUT2D eigenvalue weighted by atomic mass is 28.3. The van der Waals surface area contributed by atoms with Gasteiger partial charge in [0.1, 0.15) is 11.5 Å². The molecule has 182 valence electrons. The van der Waals surface area contributed by atoms with Crippen LogP contribution in [0.25, 0.3) is 16.9 Å². The van der Waals surface area contributed by atoms with Crippen LogP contribution in [0.5, 0.6) is 11.5 Å². The summed E-state index contributed by atoms with van der Waals surface area (Å²) in [6.07, 6.45) is 0. The van der Waals surface area contributed by atoms with E-state index in [1.807, 2.05) is 0 Å². The van der Waals surface area contributed by atoms with Gasteiger partial charge in [-0.2, -0.15) is 0 Å². The predicted molar refractivity (Wildman–Crippen MR) is 160 cm³/mol. The number of ether oxygens (including phenoxy) is 1. The molecule has 0 saturated heterocycles. The van der Waals surface area contributed by atoms with Crippen LogP contribution in [0.15, 0.2) is 146 Å². The van der Waals surface area contributed by atoms with E-state index in [1.54, 1.807) is 0 Å². The van der Waals surface area contributed by atoms with E-state index in [-0.39, 0.29) is 0 Å². The molecule has 0 fully saturated rings. The zero-order valence-corrected chi connectivity index (χ0v) is 22.2. The van der Waals surface area contributed by atoms with Crippen LogP contribution < -0.4 is 25.5 Å². The third-order valence-electron chi connectivity index (χ3n) is 7.70. The Morgan fingerprint density at radius 3 is 1.66 bits per heavy atom. The van der Waals surface area contributed by atoms with Crippen molar-refractivity contribution < 1.29 is 4.74 Å². The topological polar surface area (TPSA) is 14.2 Å². The number of benzene rings is 5. The summed E-state index contributed by atoms with van der Waals surface area (Å²) in [6, 6.07) is 52.3. The van der Waals surface area contributed by atoms with Crippen molar-refractivity contribution in [2.75, 3.05) is 0 Å². The first-order valence-corrected chi connectivity index (χ1v) is 15.0. The Labute approximate surface area is 224 Å². The van der Waals surface area contributed by atoms with Gasteiger partial charge in [0.15, 0.2) is 8.07 Å². The number of rotatable bonds is 4. The van der Waals surface area contributed by atoms with Gasteiger partial charge in [-0.25, -0.2) is 0 Å². The molecular formula is C35H27NOSi. The van der Waals surface area contributed by atoms with E-state index in [0.717, 1.165) is 22.9 Å². The first-order chi connectivity index (χ1) is 18.8. The van der Waals surface area contributed by atoms with Crippen molar-refractivity contribution in [1.29, 1.82) is 0 Å². The normalized spacial score (nSPS) is 13.3. The van der Waals surface area contributed by atoms with E-state index in [9.17, 15) is 0 Å². The second-order valence-electron chi connectivity index (χ2n) is 9.76. The van der Waals surface area contributed by atoms with Crippen LogP contribution in [0.2, 0.25) is 0 Å². The zero-order valence-electron chi connectivity index (χ0n) is 21.2. The van der Waals surface area contributed by atoms with Gasteiger partial charge in [0.25, 0.3) is 0 Å². The lowest BCUT2D eigenvalue weighted by Gasteiger charge is -2.39. The molecule has 0 bridgehead atoms. The van der Waals surface area contributed by atoms with Crippen molar-refractivity contribution in [3.05, 3.63) is 151 Å². The van der Waals surface area contributed by atoms with Gasteiger partial charge in [-0.05, 0) is 46.2 Å². The fraction of sp³-hybridized carbons (Fsp3) is 0.0286. The summed E-state index contributed by atoms with van der Waals surface area (Å²) >= 11 is 0. The number of hydrogen-bond acceptors (Lipinski definition) is 1. The van der Waals surface area contributed by atoms with Crippen molar-refractivity contribution in [3.8, 4) is 28.4 Å². The largest absolute Gasteiger partial charge is 0.456 e. The lowest BCUT2D eigenvalue weighted by atomic mass is 10.1. The van der Waals surface area contributed by atoms with Crippen LogP contribution in [0.1, 0.15) is 5.69 Å². The van der Waals surface area contributed by atoms with Crippen LogP contribution >= 0.6 is 0 Å². The van der Waals surface area contributed by atoms with E-state index in [0.29, 0.717) is 0 Å². The van der Waals surface area contributed by atoms with Crippen LogP contribution in [0.4, 0.5) is 0 Å². The van der Waals surface area contributed by atoms with Gasteiger partial charge in [-0.3, -0.25) is 0 Å². The van der Waals surface area contributed by atoms with Gasteiger partial charge in [0, 0.05) is 10.9 Å². The number of para-hydroxylation sites is 2. The summed E-state index contributed by atoms with van der Waals surface area (Å²) in [4.78, 5) is 0. The lowest BCUT2D eigenvalue weighted by Crippen LogP contribution is -2.76. The Kier molecular flexibility index (Phi) is 5.38. The molecule has 0 radical (unpaired) electrons. The number of fused-ring (bicyclic) bond motifs is 2. The molecule has 0 aliphatic carbocycles. The maximum Gasteiger partial charge on any atom is 0.191 e. The molecule has 0 saturated carbocycles. The van der Waals surface area contributed by atoms with Crippen LogP contribution in [0.3, 0.4) is 0 Å². The molecule has 0 spiro atoms. The van der Waals surface area contributed by atoms with Crippen molar-refractivity contribution in [3.63, 3.8) is 0 Å². The SMILES string of the molecule is Cc1c2c(c(-c3ccccc3)n1-c1ccccc1)[Si](c1ccccc1)(c1ccccc1)c1ccccc1O2. The first-order valence-electron chi connectivity index (χ1n) is 13.0. The molecule has 0 unspecified atom stereocenters. The van der Waals surface area contributed by atoms with E-state index in [4.69, 9.17) is 4.74 Å². The molecule has 0 N–H and O–H groups in total.